The summed E-state index contributed by atoms with van der Waals surface area (Å²) >= 11 is 3.21. The maximum atomic E-state index is 13.3. The molecule has 0 bridgehead atoms. The Hall–Kier alpha value is -1.50. The number of nitrogens with one attached hydrogen (secondary N) is 1. The summed E-state index contributed by atoms with van der Waals surface area (Å²) in [5.41, 5.74) is 9.27. The van der Waals surface area contributed by atoms with E-state index in [9.17, 15) is 4.39 Å². The summed E-state index contributed by atoms with van der Waals surface area (Å²) in [4.78, 5) is 5.87. The van der Waals surface area contributed by atoms with Gasteiger partial charge in [0.05, 0.1) is 15.2 Å². The maximum absolute atomic E-state index is 13.3. The molecule has 3 heterocycles. The molecule has 22 heavy (non-hydrogen) atoms. The zero-order valence-corrected chi connectivity index (χ0v) is 14.2. The van der Waals surface area contributed by atoms with Crippen molar-refractivity contribution in [3.63, 3.8) is 0 Å². The molecule has 0 saturated carbocycles. The van der Waals surface area contributed by atoms with Gasteiger partial charge in [0, 0.05) is 23.1 Å². The second kappa shape index (κ2) is 6.32. The lowest BCUT2D eigenvalue weighted by molar-refractivity contribution is 0.629. The van der Waals surface area contributed by atoms with Crippen LogP contribution in [0, 0.1) is 5.82 Å². The fourth-order valence-electron chi connectivity index (χ4n) is 2.60. The highest BCUT2D eigenvalue weighted by Gasteiger charge is 2.22. The third-order valence-electron chi connectivity index (χ3n) is 3.52. The highest BCUT2D eigenvalue weighted by atomic mass is 32.1. The fraction of sp³-hybridized carbons (Fsp3) is 0.312. The fourth-order valence-corrected chi connectivity index (χ4v) is 4.78. The zero-order chi connectivity index (χ0) is 15.7. The van der Waals surface area contributed by atoms with Gasteiger partial charge in [0.2, 0.25) is 0 Å². The standard InChI is InChI=1S/C14H12FN3S2.C2H6/c15-7-1-2-10-9(5-7)18-14(20-10)12-8-3-4-17-6-11(8)19-13(12)16;1-2/h1-2,5,17H,3-4,6,16H2;1-2H3. The van der Waals surface area contributed by atoms with E-state index in [1.54, 1.807) is 28.7 Å². The Labute approximate surface area is 137 Å². The minimum Gasteiger partial charge on any atom is -0.390 e. The highest BCUT2D eigenvalue weighted by Crippen LogP contribution is 2.43. The molecule has 1 aliphatic heterocycles. The first kappa shape index (κ1) is 15.4. The monoisotopic (exact) mass is 335 g/mol. The molecular weight excluding hydrogens is 317 g/mol. The quantitative estimate of drug-likeness (QED) is 0.692. The molecule has 0 radical (unpaired) electrons. The number of aromatic nitrogens is 1. The molecule has 1 aromatic carbocycles. The number of rotatable bonds is 1. The Balaban J connectivity index is 0.000000693. The van der Waals surface area contributed by atoms with E-state index in [0.29, 0.717) is 5.52 Å². The van der Waals surface area contributed by atoms with Crippen molar-refractivity contribution in [1.82, 2.24) is 10.3 Å². The van der Waals surface area contributed by atoms with E-state index >= 15 is 0 Å². The van der Waals surface area contributed by atoms with Crippen LogP contribution in [0.15, 0.2) is 18.2 Å². The molecule has 3 N–H and O–H groups in total. The van der Waals surface area contributed by atoms with E-state index in [1.807, 2.05) is 13.8 Å². The van der Waals surface area contributed by atoms with Crippen LogP contribution in [0.25, 0.3) is 20.8 Å². The van der Waals surface area contributed by atoms with E-state index in [2.05, 4.69) is 10.3 Å². The summed E-state index contributed by atoms with van der Waals surface area (Å²) in [6.07, 6.45) is 0.975. The summed E-state index contributed by atoms with van der Waals surface area (Å²) < 4.78 is 14.3. The molecular formula is C16H18FN3S2. The van der Waals surface area contributed by atoms with Gasteiger partial charge >= 0.3 is 0 Å². The van der Waals surface area contributed by atoms with Crippen molar-refractivity contribution in [2.75, 3.05) is 12.3 Å². The minimum absolute atomic E-state index is 0.251. The predicted molar refractivity (Wildman–Crippen MR) is 94.1 cm³/mol. The lowest BCUT2D eigenvalue weighted by Gasteiger charge is -2.13. The van der Waals surface area contributed by atoms with Gasteiger partial charge in [-0.1, -0.05) is 13.8 Å². The van der Waals surface area contributed by atoms with Gasteiger partial charge in [-0.3, -0.25) is 0 Å². The van der Waals surface area contributed by atoms with Gasteiger partial charge in [-0.15, -0.1) is 22.7 Å². The number of fused-ring (bicyclic) bond motifs is 2. The van der Waals surface area contributed by atoms with Crippen molar-refractivity contribution in [2.45, 2.75) is 26.8 Å². The van der Waals surface area contributed by atoms with E-state index in [-0.39, 0.29) is 5.82 Å². The van der Waals surface area contributed by atoms with Crippen molar-refractivity contribution >= 4 is 37.9 Å². The van der Waals surface area contributed by atoms with Gasteiger partial charge in [0.25, 0.3) is 0 Å². The van der Waals surface area contributed by atoms with E-state index in [0.717, 1.165) is 39.8 Å². The summed E-state index contributed by atoms with van der Waals surface area (Å²) in [5, 5.41) is 5.08. The molecule has 0 unspecified atom stereocenters. The molecule has 0 saturated heterocycles. The molecule has 2 aromatic heterocycles. The second-order valence-electron chi connectivity index (χ2n) is 4.80. The molecule has 1 aliphatic rings. The van der Waals surface area contributed by atoms with Gasteiger partial charge < -0.3 is 11.1 Å². The molecule has 116 valence electrons. The van der Waals surface area contributed by atoms with Gasteiger partial charge in [-0.05, 0) is 30.7 Å². The lowest BCUT2D eigenvalue weighted by Crippen LogP contribution is -2.22. The first-order chi connectivity index (χ1) is 10.7. The number of nitrogens with zero attached hydrogens (tertiary/aromatic N) is 1. The number of hydrogen-bond acceptors (Lipinski definition) is 5. The van der Waals surface area contributed by atoms with Crippen molar-refractivity contribution in [3.05, 3.63) is 34.5 Å². The molecule has 6 heteroatoms. The first-order valence-corrected chi connectivity index (χ1v) is 9.03. The number of thiazole rings is 1. The summed E-state index contributed by atoms with van der Waals surface area (Å²) in [6.45, 7) is 5.85. The normalized spacial score (nSPS) is 13.6. The molecule has 0 amide bonds. The third kappa shape index (κ3) is 2.62. The number of thiophene rings is 1. The maximum Gasteiger partial charge on any atom is 0.127 e. The molecule has 0 aliphatic carbocycles. The van der Waals surface area contributed by atoms with Crippen LogP contribution < -0.4 is 11.1 Å². The first-order valence-electron chi connectivity index (χ1n) is 7.39. The van der Waals surface area contributed by atoms with Crippen LogP contribution in [0.2, 0.25) is 0 Å². The predicted octanol–water partition coefficient (Wildman–Crippen LogP) is 4.42. The molecule has 0 spiro atoms. The number of halogens is 1. The summed E-state index contributed by atoms with van der Waals surface area (Å²) in [6, 6.07) is 4.73. The van der Waals surface area contributed by atoms with Gasteiger partial charge in [-0.2, -0.15) is 0 Å². The number of anilines is 1. The molecule has 3 aromatic rings. The molecule has 4 rings (SSSR count). The van der Waals surface area contributed by atoms with Crippen LogP contribution >= 0.6 is 22.7 Å². The van der Waals surface area contributed by atoms with Crippen LogP contribution in [0.3, 0.4) is 0 Å². The largest absolute Gasteiger partial charge is 0.390 e. The van der Waals surface area contributed by atoms with Crippen LogP contribution in [0.4, 0.5) is 9.39 Å². The number of nitrogens with two attached hydrogens (primary N) is 1. The summed E-state index contributed by atoms with van der Waals surface area (Å²) in [5.74, 6) is -0.251. The Bertz CT molecular complexity index is 807. The van der Waals surface area contributed by atoms with E-state index < -0.39 is 0 Å². The van der Waals surface area contributed by atoms with Crippen molar-refractivity contribution < 1.29 is 4.39 Å². The van der Waals surface area contributed by atoms with Crippen molar-refractivity contribution in [3.8, 4) is 10.6 Å². The number of nitrogen functional groups attached to an aromatic ring is 1. The van der Waals surface area contributed by atoms with Crippen LogP contribution in [0.5, 0.6) is 0 Å². The van der Waals surface area contributed by atoms with Crippen molar-refractivity contribution in [1.29, 1.82) is 0 Å². The van der Waals surface area contributed by atoms with E-state index in [4.69, 9.17) is 5.73 Å². The topological polar surface area (TPSA) is 50.9 Å². The lowest BCUT2D eigenvalue weighted by atomic mass is 10.0. The smallest absolute Gasteiger partial charge is 0.127 e. The Kier molecular flexibility index (Phi) is 4.42. The van der Waals surface area contributed by atoms with Crippen LogP contribution in [-0.2, 0) is 13.0 Å². The molecule has 3 nitrogen and oxygen atoms in total. The highest BCUT2D eigenvalue weighted by molar-refractivity contribution is 7.22. The third-order valence-corrected chi connectivity index (χ3v) is 5.63. The van der Waals surface area contributed by atoms with Gasteiger partial charge in [0.1, 0.15) is 10.8 Å². The van der Waals surface area contributed by atoms with Gasteiger partial charge in [-0.25, -0.2) is 9.37 Å². The summed E-state index contributed by atoms with van der Waals surface area (Å²) in [7, 11) is 0. The molecule has 0 atom stereocenters. The number of benzene rings is 1. The van der Waals surface area contributed by atoms with Crippen LogP contribution in [-0.4, -0.2) is 11.5 Å². The second-order valence-corrected chi connectivity index (χ2v) is 6.97. The average Bonchev–Trinajstić information content (AvgIpc) is 3.08. The number of hydrogen-bond donors (Lipinski definition) is 2. The molecule has 0 fully saturated rings. The average molecular weight is 335 g/mol. The van der Waals surface area contributed by atoms with Crippen molar-refractivity contribution in [2.24, 2.45) is 0 Å². The minimum atomic E-state index is -0.251. The Morgan fingerprint density at radius 3 is 2.91 bits per heavy atom. The van der Waals surface area contributed by atoms with E-state index in [1.165, 1.54) is 22.6 Å². The van der Waals surface area contributed by atoms with Crippen LogP contribution in [0.1, 0.15) is 24.3 Å². The Morgan fingerprint density at radius 1 is 1.27 bits per heavy atom. The Morgan fingerprint density at radius 2 is 2.09 bits per heavy atom. The SMILES string of the molecule is CC.Nc1sc2c(c1-c1nc3cc(F)ccc3s1)CCNC2. The van der Waals surface area contributed by atoms with Gasteiger partial charge in [0.15, 0.2) is 0 Å². The zero-order valence-electron chi connectivity index (χ0n) is 12.6.